The standard InChI is InChI=1S/C24H26N2O6/c1-14(2)21(24(29)32-5)25-22(27)18-13-26(23(28)17-9-7-6-8-16(17)18)19-12-15(30-3)10-11-20(19)31-4/h6-14,21H,1-5H3,(H,25,27)/t21-/m1/s1. The van der Waals surface area contributed by atoms with E-state index in [1.165, 1.54) is 32.1 Å². The topological polar surface area (TPSA) is 95.9 Å². The van der Waals surface area contributed by atoms with Gasteiger partial charge in [0.2, 0.25) is 0 Å². The Kier molecular flexibility index (Phi) is 6.82. The molecule has 0 aliphatic carbocycles. The van der Waals surface area contributed by atoms with E-state index in [4.69, 9.17) is 14.2 Å². The number of carbonyl (C=O) groups excluding carboxylic acids is 2. The van der Waals surface area contributed by atoms with Gasteiger partial charge in [0.15, 0.2) is 0 Å². The van der Waals surface area contributed by atoms with E-state index in [1.54, 1.807) is 42.5 Å². The molecule has 3 aromatic rings. The Hall–Kier alpha value is -3.81. The maximum Gasteiger partial charge on any atom is 0.328 e. The van der Waals surface area contributed by atoms with Crippen molar-refractivity contribution in [2.24, 2.45) is 5.92 Å². The summed E-state index contributed by atoms with van der Waals surface area (Å²) in [6.45, 7) is 3.62. The Labute approximate surface area is 185 Å². The Balaban J connectivity index is 2.23. The van der Waals surface area contributed by atoms with E-state index in [0.29, 0.717) is 28.0 Å². The molecule has 8 heteroatoms. The summed E-state index contributed by atoms with van der Waals surface area (Å²) in [6, 6.07) is 11.0. The fourth-order valence-corrected chi connectivity index (χ4v) is 3.48. The number of methoxy groups -OCH3 is 3. The van der Waals surface area contributed by atoms with Crippen LogP contribution in [0.1, 0.15) is 24.2 Å². The predicted octanol–water partition coefficient (Wildman–Crippen LogP) is 2.94. The van der Waals surface area contributed by atoms with Crippen molar-refractivity contribution in [1.82, 2.24) is 9.88 Å². The Morgan fingerprint density at radius 1 is 0.969 bits per heavy atom. The molecule has 32 heavy (non-hydrogen) atoms. The van der Waals surface area contributed by atoms with Gasteiger partial charge in [-0.1, -0.05) is 32.0 Å². The molecule has 0 radical (unpaired) electrons. The molecule has 0 aliphatic rings. The summed E-state index contributed by atoms with van der Waals surface area (Å²) >= 11 is 0. The Bertz CT molecular complexity index is 1210. The van der Waals surface area contributed by atoms with Gasteiger partial charge in [0.05, 0.1) is 32.6 Å². The van der Waals surface area contributed by atoms with Gasteiger partial charge in [-0.25, -0.2) is 4.79 Å². The van der Waals surface area contributed by atoms with Gasteiger partial charge >= 0.3 is 5.97 Å². The minimum Gasteiger partial charge on any atom is -0.497 e. The van der Waals surface area contributed by atoms with Crippen LogP contribution in [-0.2, 0) is 9.53 Å². The van der Waals surface area contributed by atoms with Gasteiger partial charge in [-0.15, -0.1) is 0 Å². The van der Waals surface area contributed by atoms with Crippen molar-refractivity contribution in [3.8, 4) is 17.2 Å². The molecule has 0 aliphatic heterocycles. The molecule has 0 unspecified atom stereocenters. The second kappa shape index (κ2) is 9.55. The van der Waals surface area contributed by atoms with Gasteiger partial charge in [0.25, 0.3) is 11.5 Å². The van der Waals surface area contributed by atoms with Crippen molar-refractivity contribution in [3.63, 3.8) is 0 Å². The summed E-state index contributed by atoms with van der Waals surface area (Å²) in [5.41, 5.74) is 0.335. The van der Waals surface area contributed by atoms with Crippen molar-refractivity contribution in [2.75, 3.05) is 21.3 Å². The number of rotatable bonds is 7. The second-order valence-electron chi connectivity index (χ2n) is 7.52. The summed E-state index contributed by atoms with van der Waals surface area (Å²) in [7, 11) is 4.29. The highest BCUT2D eigenvalue weighted by molar-refractivity contribution is 6.07. The summed E-state index contributed by atoms with van der Waals surface area (Å²) in [6.07, 6.45) is 1.45. The zero-order chi connectivity index (χ0) is 23.4. The number of esters is 1. The number of ether oxygens (including phenoxy) is 3. The quantitative estimate of drug-likeness (QED) is 0.570. The number of benzene rings is 2. The zero-order valence-corrected chi connectivity index (χ0v) is 18.7. The molecule has 1 atom stereocenters. The Morgan fingerprint density at radius 3 is 2.25 bits per heavy atom. The molecule has 1 heterocycles. The first kappa shape index (κ1) is 22.9. The number of hydrogen-bond donors (Lipinski definition) is 1. The number of pyridine rings is 1. The molecule has 0 spiro atoms. The molecule has 1 N–H and O–H groups in total. The molecule has 2 aromatic carbocycles. The van der Waals surface area contributed by atoms with Crippen molar-refractivity contribution in [1.29, 1.82) is 0 Å². The van der Waals surface area contributed by atoms with Crippen molar-refractivity contribution < 1.29 is 23.8 Å². The number of nitrogens with zero attached hydrogens (tertiary/aromatic N) is 1. The van der Waals surface area contributed by atoms with Gasteiger partial charge in [-0.3, -0.25) is 14.2 Å². The predicted molar refractivity (Wildman–Crippen MR) is 121 cm³/mol. The lowest BCUT2D eigenvalue weighted by Gasteiger charge is -2.21. The van der Waals surface area contributed by atoms with Gasteiger partial charge < -0.3 is 19.5 Å². The van der Waals surface area contributed by atoms with Crippen LogP contribution in [0.2, 0.25) is 0 Å². The van der Waals surface area contributed by atoms with Crippen LogP contribution in [0.25, 0.3) is 16.5 Å². The first-order valence-electron chi connectivity index (χ1n) is 10.1. The van der Waals surface area contributed by atoms with Gasteiger partial charge in [-0.2, -0.15) is 0 Å². The third-order valence-electron chi connectivity index (χ3n) is 5.22. The minimum absolute atomic E-state index is 0.193. The maximum absolute atomic E-state index is 13.3. The molecule has 168 valence electrons. The highest BCUT2D eigenvalue weighted by atomic mass is 16.5. The molecule has 0 fully saturated rings. The van der Waals surface area contributed by atoms with E-state index in [9.17, 15) is 14.4 Å². The van der Waals surface area contributed by atoms with Crippen LogP contribution < -0.4 is 20.3 Å². The van der Waals surface area contributed by atoms with Crippen LogP contribution >= 0.6 is 0 Å². The van der Waals surface area contributed by atoms with E-state index < -0.39 is 17.9 Å². The molecule has 0 saturated carbocycles. The fraction of sp³-hybridized carbons (Fsp3) is 0.292. The number of aromatic nitrogens is 1. The molecule has 8 nitrogen and oxygen atoms in total. The molecule has 0 bridgehead atoms. The third kappa shape index (κ3) is 4.30. The fourth-order valence-electron chi connectivity index (χ4n) is 3.48. The zero-order valence-electron chi connectivity index (χ0n) is 18.7. The molecular weight excluding hydrogens is 412 g/mol. The number of carbonyl (C=O) groups is 2. The van der Waals surface area contributed by atoms with Crippen LogP contribution in [0, 0.1) is 5.92 Å². The summed E-state index contributed by atoms with van der Waals surface area (Å²) in [5, 5.41) is 3.56. The summed E-state index contributed by atoms with van der Waals surface area (Å²) in [4.78, 5) is 38.8. The van der Waals surface area contributed by atoms with Gasteiger partial charge in [-0.05, 0) is 24.1 Å². The van der Waals surface area contributed by atoms with Crippen LogP contribution in [-0.4, -0.2) is 43.8 Å². The summed E-state index contributed by atoms with van der Waals surface area (Å²) < 4.78 is 16.9. The SMILES string of the molecule is COC(=O)[C@H](NC(=O)c1cn(-c2cc(OC)ccc2OC)c(=O)c2ccccc12)C(C)C. The molecule has 3 rings (SSSR count). The van der Waals surface area contributed by atoms with E-state index in [-0.39, 0.29) is 17.0 Å². The average Bonchev–Trinajstić information content (AvgIpc) is 2.81. The smallest absolute Gasteiger partial charge is 0.328 e. The number of amides is 1. The number of fused-ring (bicyclic) bond motifs is 1. The van der Waals surface area contributed by atoms with Gasteiger partial charge in [0.1, 0.15) is 17.5 Å². The lowest BCUT2D eigenvalue weighted by atomic mass is 10.0. The normalized spacial score (nSPS) is 11.8. The Morgan fingerprint density at radius 2 is 1.66 bits per heavy atom. The number of nitrogens with one attached hydrogen (secondary N) is 1. The third-order valence-corrected chi connectivity index (χ3v) is 5.22. The maximum atomic E-state index is 13.3. The van der Waals surface area contributed by atoms with Crippen LogP contribution in [0.3, 0.4) is 0 Å². The molecular formula is C24H26N2O6. The van der Waals surface area contributed by atoms with E-state index >= 15 is 0 Å². The van der Waals surface area contributed by atoms with Crippen molar-refractivity contribution >= 4 is 22.6 Å². The van der Waals surface area contributed by atoms with Crippen LogP contribution in [0.5, 0.6) is 11.5 Å². The highest BCUT2D eigenvalue weighted by Crippen LogP contribution is 2.28. The first-order valence-corrected chi connectivity index (χ1v) is 10.1. The highest BCUT2D eigenvalue weighted by Gasteiger charge is 2.27. The van der Waals surface area contributed by atoms with E-state index in [1.807, 2.05) is 13.8 Å². The second-order valence-corrected chi connectivity index (χ2v) is 7.52. The molecule has 1 amide bonds. The van der Waals surface area contributed by atoms with Crippen molar-refractivity contribution in [3.05, 3.63) is 64.6 Å². The number of hydrogen-bond acceptors (Lipinski definition) is 6. The van der Waals surface area contributed by atoms with Crippen LogP contribution in [0.4, 0.5) is 0 Å². The monoisotopic (exact) mass is 438 g/mol. The largest absolute Gasteiger partial charge is 0.497 e. The molecule has 0 saturated heterocycles. The summed E-state index contributed by atoms with van der Waals surface area (Å²) in [5.74, 6) is -0.273. The van der Waals surface area contributed by atoms with Gasteiger partial charge in [0, 0.05) is 23.0 Å². The van der Waals surface area contributed by atoms with E-state index in [0.717, 1.165) is 0 Å². The van der Waals surface area contributed by atoms with E-state index in [2.05, 4.69) is 5.32 Å². The minimum atomic E-state index is -0.835. The van der Waals surface area contributed by atoms with Crippen LogP contribution in [0.15, 0.2) is 53.5 Å². The first-order chi connectivity index (χ1) is 15.3. The van der Waals surface area contributed by atoms with Crippen molar-refractivity contribution in [2.45, 2.75) is 19.9 Å². The molecule has 1 aromatic heterocycles. The lowest BCUT2D eigenvalue weighted by Crippen LogP contribution is -2.45. The lowest BCUT2D eigenvalue weighted by molar-refractivity contribution is -0.144. The average molecular weight is 438 g/mol.